The quantitative estimate of drug-likeness (QED) is 0.408. The Labute approximate surface area is 192 Å². The average molecular weight is 443 g/mol. The minimum absolute atomic E-state index is 0.0365. The zero-order chi connectivity index (χ0) is 22.8. The van der Waals surface area contributed by atoms with Gasteiger partial charge in [-0.25, -0.2) is 4.39 Å². The van der Waals surface area contributed by atoms with E-state index in [2.05, 4.69) is 28.2 Å². The van der Waals surface area contributed by atoms with E-state index in [1.54, 1.807) is 6.07 Å². The summed E-state index contributed by atoms with van der Waals surface area (Å²) < 4.78 is 13.6. The van der Waals surface area contributed by atoms with Crippen molar-refractivity contribution < 1.29 is 9.18 Å². The fraction of sp³-hybridized carbons (Fsp3) is 0.259. The molecule has 4 aromatic rings. The van der Waals surface area contributed by atoms with Crippen molar-refractivity contribution in [3.63, 3.8) is 0 Å². The van der Waals surface area contributed by atoms with E-state index in [1.165, 1.54) is 43.0 Å². The van der Waals surface area contributed by atoms with Crippen LogP contribution < -0.4 is 5.32 Å². The van der Waals surface area contributed by atoms with Crippen molar-refractivity contribution in [3.05, 3.63) is 95.2 Å². The predicted octanol–water partition coefficient (Wildman–Crippen LogP) is 5.84. The second-order valence-corrected chi connectivity index (χ2v) is 8.64. The molecule has 5 nitrogen and oxygen atoms in total. The third-order valence-corrected chi connectivity index (χ3v) is 6.38. The molecule has 0 spiro atoms. The molecule has 1 aliphatic rings. The number of rotatable bonds is 5. The summed E-state index contributed by atoms with van der Waals surface area (Å²) in [5.41, 5.74) is 5.30. The number of aromatic nitrogens is 2. The van der Waals surface area contributed by atoms with Gasteiger partial charge in [-0.05, 0) is 81.4 Å². The molecular formula is C27H27FN4O. The normalized spacial score (nSPS) is 15.5. The van der Waals surface area contributed by atoms with Gasteiger partial charge < -0.3 is 10.3 Å². The van der Waals surface area contributed by atoms with Gasteiger partial charge in [0.2, 0.25) is 0 Å². The van der Waals surface area contributed by atoms with E-state index >= 15 is 0 Å². The average Bonchev–Trinajstić information content (AvgIpc) is 3.16. The van der Waals surface area contributed by atoms with Gasteiger partial charge in [0.05, 0.1) is 11.7 Å². The van der Waals surface area contributed by atoms with Gasteiger partial charge in [0.1, 0.15) is 5.82 Å². The van der Waals surface area contributed by atoms with Crippen LogP contribution >= 0.6 is 0 Å². The molecule has 1 atom stereocenters. The Morgan fingerprint density at radius 3 is 2.67 bits per heavy atom. The number of likely N-dealkylation sites (tertiary alicyclic amines) is 1. The molecule has 2 aromatic carbocycles. The Kier molecular flexibility index (Phi) is 5.92. The van der Waals surface area contributed by atoms with Crippen LogP contribution in [0.3, 0.4) is 0 Å². The van der Waals surface area contributed by atoms with E-state index < -0.39 is 5.82 Å². The monoisotopic (exact) mass is 442 g/mol. The molecule has 0 unspecified atom stereocenters. The lowest BCUT2D eigenvalue weighted by Crippen LogP contribution is -2.35. The number of benzene rings is 2. The Hall–Kier alpha value is -3.51. The van der Waals surface area contributed by atoms with Crippen LogP contribution in [0.25, 0.3) is 10.9 Å². The van der Waals surface area contributed by atoms with Crippen molar-refractivity contribution in [2.24, 2.45) is 0 Å². The Morgan fingerprint density at radius 1 is 1.06 bits per heavy atom. The molecule has 0 saturated carbocycles. The molecule has 0 radical (unpaired) electrons. The summed E-state index contributed by atoms with van der Waals surface area (Å²) in [4.78, 5) is 23.4. The van der Waals surface area contributed by atoms with Crippen molar-refractivity contribution in [3.8, 4) is 0 Å². The number of nitrogens with zero attached hydrogens (tertiary/aromatic N) is 2. The number of carbonyl (C=O) groups excluding carboxylic acids is 1. The lowest BCUT2D eigenvalue weighted by Gasteiger charge is -2.34. The maximum absolute atomic E-state index is 13.6. The standard InChI is InChI=1S/C27H27FN4O/c1-18-25(26(24-10-3-4-13-29-24)32-14-5-2-6-15-32)22-17-21(11-12-23(22)30-18)31-27(33)19-8-7-9-20(28)16-19/h3-4,7-13,16-17,26,30H,2,5-6,14-15H2,1H3,(H,31,33)/t26-/m1/s1. The van der Waals surface area contributed by atoms with Gasteiger partial charge in [0.15, 0.2) is 0 Å². The van der Waals surface area contributed by atoms with Crippen LogP contribution in [0.1, 0.15) is 52.6 Å². The predicted molar refractivity (Wildman–Crippen MR) is 129 cm³/mol. The fourth-order valence-corrected chi connectivity index (χ4v) is 4.84. The fourth-order valence-electron chi connectivity index (χ4n) is 4.84. The first kappa shape index (κ1) is 21.3. The first-order valence-electron chi connectivity index (χ1n) is 11.4. The van der Waals surface area contributed by atoms with Gasteiger partial charge in [-0.2, -0.15) is 0 Å². The number of H-pyrrole nitrogens is 1. The number of amides is 1. The van der Waals surface area contributed by atoms with Crippen molar-refractivity contribution in [1.82, 2.24) is 14.9 Å². The zero-order valence-electron chi connectivity index (χ0n) is 18.6. The summed E-state index contributed by atoms with van der Waals surface area (Å²) in [7, 11) is 0. The number of hydrogen-bond acceptors (Lipinski definition) is 3. The number of piperidine rings is 1. The number of fused-ring (bicyclic) bond motifs is 1. The summed E-state index contributed by atoms with van der Waals surface area (Å²) in [6.45, 7) is 4.16. The highest BCUT2D eigenvalue weighted by molar-refractivity contribution is 6.05. The van der Waals surface area contributed by atoms with Gasteiger partial charge in [-0.3, -0.25) is 14.7 Å². The van der Waals surface area contributed by atoms with E-state index in [9.17, 15) is 9.18 Å². The Bertz CT molecular complexity index is 1280. The Balaban J connectivity index is 1.55. The van der Waals surface area contributed by atoms with Gasteiger partial charge in [0, 0.05) is 39.6 Å². The van der Waals surface area contributed by atoms with Gasteiger partial charge in [-0.15, -0.1) is 0 Å². The SMILES string of the molecule is Cc1[nH]c2ccc(NC(=O)c3cccc(F)c3)cc2c1[C@@H](c1ccccn1)N1CCCCC1. The minimum Gasteiger partial charge on any atom is -0.358 e. The molecule has 6 heteroatoms. The highest BCUT2D eigenvalue weighted by atomic mass is 19.1. The first-order chi connectivity index (χ1) is 16.1. The number of halogens is 1. The van der Waals surface area contributed by atoms with E-state index in [4.69, 9.17) is 4.98 Å². The topological polar surface area (TPSA) is 61.0 Å². The first-order valence-corrected chi connectivity index (χ1v) is 11.4. The maximum atomic E-state index is 13.6. The number of nitrogens with one attached hydrogen (secondary N) is 2. The van der Waals surface area contributed by atoms with E-state index in [-0.39, 0.29) is 11.9 Å². The number of anilines is 1. The summed E-state index contributed by atoms with van der Waals surface area (Å²) in [6.07, 6.45) is 5.47. The smallest absolute Gasteiger partial charge is 0.255 e. The van der Waals surface area contributed by atoms with Crippen LogP contribution in [-0.4, -0.2) is 33.9 Å². The van der Waals surface area contributed by atoms with E-state index in [1.807, 2.05) is 36.5 Å². The molecule has 5 rings (SSSR count). The van der Waals surface area contributed by atoms with Gasteiger partial charge >= 0.3 is 0 Å². The number of aromatic amines is 1. The van der Waals surface area contributed by atoms with Gasteiger partial charge in [0.25, 0.3) is 5.91 Å². The molecule has 2 N–H and O–H groups in total. The van der Waals surface area contributed by atoms with Crippen molar-refractivity contribution >= 4 is 22.5 Å². The van der Waals surface area contributed by atoms with Crippen LogP contribution in [0.5, 0.6) is 0 Å². The summed E-state index contributed by atoms with van der Waals surface area (Å²) in [5.74, 6) is -0.763. The lowest BCUT2D eigenvalue weighted by molar-refractivity contribution is 0.102. The molecule has 1 fully saturated rings. The second kappa shape index (κ2) is 9.16. The van der Waals surface area contributed by atoms with Crippen molar-refractivity contribution in [2.45, 2.75) is 32.2 Å². The highest BCUT2D eigenvalue weighted by Gasteiger charge is 2.29. The molecule has 33 heavy (non-hydrogen) atoms. The zero-order valence-corrected chi connectivity index (χ0v) is 18.6. The van der Waals surface area contributed by atoms with Crippen LogP contribution in [-0.2, 0) is 0 Å². The molecule has 1 saturated heterocycles. The lowest BCUT2D eigenvalue weighted by atomic mass is 9.95. The molecular weight excluding hydrogens is 415 g/mol. The highest BCUT2D eigenvalue weighted by Crippen LogP contribution is 2.37. The number of pyridine rings is 1. The largest absolute Gasteiger partial charge is 0.358 e. The third kappa shape index (κ3) is 4.39. The molecule has 2 aromatic heterocycles. The third-order valence-electron chi connectivity index (χ3n) is 6.38. The van der Waals surface area contributed by atoms with Crippen LogP contribution in [0, 0.1) is 12.7 Å². The number of aryl methyl sites for hydroxylation is 1. The van der Waals surface area contributed by atoms with Crippen molar-refractivity contribution in [2.75, 3.05) is 18.4 Å². The molecule has 1 aliphatic heterocycles. The molecule has 3 heterocycles. The van der Waals surface area contributed by atoms with E-state index in [0.717, 1.165) is 35.4 Å². The minimum atomic E-state index is -0.429. The number of hydrogen-bond donors (Lipinski definition) is 2. The molecule has 0 bridgehead atoms. The molecule has 0 aliphatic carbocycles. The summed E-state index contributed by atoms with van der Waals surface area (Å²) >= 11 is 0. The van der Waals surface area contributed by atoms with E-state index in [0.29, 0.717) is 11.3 Å². The second-order valence-electron chi connectivity index (χ2n) is 8.64. The van der Waals surface area contributed by atoms with Crippen LogP contribution in [0.4, 0.5) is 10.1 Å². The van der Waals surface area contributed by atoms with Crippen molar-refractivity contribution in [1.29, 1.82) is 0 Å². The summed E-state index contributed by atoms with van der Waals surface area (Å²) in [6, 6.07) is 17.7. The number of carbonyl (C=O) groups is 1. The van der Waals surface area contributed by atoms with Gasteiger partial charge in [-0.1, -0.05) is 18.6 Å². The van der Waals surface area contributed by atoms with Crippen LogP contribution in [0.2, 0.25) is 0 Å². The molecule has 1 amide bonds. The molecule has 168 valence electrons. The Morgan fingerprint density at radius 2 is 1.91 bits per heavy atom. The summed E-state index contributed by atoms with van der Waals surface area (Å²) in [5, 5.41) is 3.98. The van der Waals surface area contributed by atoms with Crippen LogP contribution in [0.15, 0.2) is 66.9 Å². The maximum Gasteiger partial charge on any atom is 0.255 e.